The van der Waals surface area contributed by atoms with Gasteiger partial charge in [-0.3, -0.25) is 0 Å². The van der Waals surface area contributed by atoms with E-state index >= 15 is 0 Å². The van der Waals surface area contributed by atoms with Crippen molar-refractivity contribution in [2.75, 3.05) is 0 Å². The molecule has 0 saturated carbocycles. The van der Waals surface area contributed by atoms with Crippen LogP contribution in [0.25, 0.3) is 71.6 Å². The first-order valence-electron chi connectivity index (χ1n) is 14.7. The summed E-state index contributed by atoms with van der Waals surface area (Å²) in [6, 6.07) is 48.4. The fourth-order valence-corrected chi connectivity index (χ4v) is 7.47. The SMILES string of the molecule is CC1(C)c2ccccc2-c2c1c1c(c3ccccc23)c2ccccc2n1-c1ccc(-c2ccc3ccccc3n2)cc1. The van der Waals surface area contributed by atoms with Gasteiger partial charge in [-0.1, -0.05) is 117 Å². The molecule has 6 aromatic carbocycles. The van der Waals surface area contributed by atoms with Crippen molar-refractivity contribution in [3.05, 3.63) is 145 Å². The van der Waals surface area contributed by atoms with Gasteiger partial charge in [0, 0.05) is 32.8 Å². The Morgan fingerprint density at radius 2 is 1.29 bits per heavy atom. The minimum atomic E-state index is -0.144. The van der Waals surface area contributed by atoms with Gasteiger partial charge in [0.05, 0.1) is 22.2 Å². The maximum Gasteiger partial charge on any atom is 0.0709 e. The van der Waals surface area contributed by atoms with Gasteiger partial charge in [0.15, 0.2) is 0 Å². The Morgan fingerprint density at radius 3 is 2.14 bits per heavy atom. The van der Waals surface area contributed by atoms with Crippen LogP contribution in [0.4, 0.5) is 0 Å². The van der Waals surface area contributed by atoms with Gasteiger partial charge in [0.2, 0.25) is 0 Å². The monoisotopic (exact) mass is 536 g/mol. The first-order valence-corrected chi connectivity index (χ1v) is 14.7. The Morgan fingerprint density at radius 1 is 0.595 bits per heavy atom. The first-order chi connectivity index (χ1) is 20.6. The van der Waals surface area contributed by atoms with Crippen LogP contribution in [0.3, 0.4) is 0 Å². The fourth-order valence-electron chi connectivity index (χ4n) is 7.47. The summed E-state index contributed by atoms with van der Waals surface area (Å²) in [4.78, 5) is 4.95. The van der Waals surface area contributed by atoms with Crippen molar-refractivity contribution in [2.45, 2.75) is 19.3 Å². The molecule has 8 aromatic rings. The third-order valence-electron chi connectivity index (χ3n) is 9.34. The van der Waals surface area contributed by atoms with Crippen LogP contribution in [0, 0.1) is 0 Å². The molecule has 0 bridgehead atoms. The first kappa shape index (κ1) is 23.5. The smallest absolute Gasteiger partial charge is 0.0709 e. The Bertz CT molecular complexity index is 2370. The molecule has 198 valence electrons. The average Bonchev–Trinajstić information content (AvgIpc) is 3.50. The second-order valence-corrected chi connectivity index (χ2v) is 12.0. The van der Waals surface area contributed by atoms with Crippen molar-refractivity contribution < 1.29 is 0 Å². The van der Waals surface area contributed by atoms with Gasteiger partial charge in [0.1, 0.15) is 0 Å². The summed E-state index contributed by atoms with van der Waals surface area (Å²) in [5.41, 5.74) is 12.2. The number of pyridine rings is 1. The maximum absolute atomic E-state index is 4.95. The molecule has 2 heterocycles. The van der Waals surface area contributed by atoms with Crippen LogP contribution in [0.1, 0.15) is 25.0 Å². The van der Waals surface area contributed by atoms with E-state index in [0.29, 0.717) is 0 Å². The number of para-hydroxylation sites is 2. The van der Waals surface area contributed by atoms with Gasteiger partial charge < -0.3 is 4.57 Å². The molecule has 0 spiro atoms. The Labute approximate surface area is 244 Å². The average molecular weight is 537 g/mol. The zero-order valence-corrected chi connectivity index (χ0v) is 23.6. The quantitative estimate of drug-likeness (QED) is 0.215. The third-order valence-corrected chi connectivity index (χ3v) is 9.34. The number of nitrogens with zero attached hydrogens (tertiary/aromatic N) is 2. The lowest BCUT2D eigenvalue weighted by atomic mass is 9.80. The zero-order valence-electron chi connectivity index (χ0n) is 23.6. The minimum Gasteiger partial charge on any atom is -0.309 e. The van der Waals surface area contributed by atoms with Crippen molar-refractivity contribution in [3.8, 4) is 28.1 Å². The number of hydrogen-bond donors (Lipinski definition) is 0. The highest BCUT2D eigenvalue weighted by Gasteiger charge is 2.40. The predicted octanol–water partition coefficient (Wildman–Crippen LogP) is 10.5. The second kappa shape index (κ2) is 8.41. The molecule has 2 aromatic heterocycles. The number of fused-ring (bicyclic) bond motifs is 11. The third kappa shape index (κ3) is 3.07. The lowest BCUT2D eigenvalue weighted by Gasteiger charge is -2.24. The van der Waals surface area contributed by atoms with Gasteiger partial charge in [-0.15, -0.1) is 0 Å². The second-order valence-electron chi connectivity index (χ2n) is 12.0. The lowest BCUT2D eigenvalue weighted by molar-refractivity contribution is 0.664. The molecule has 0 N–H and O–H groups in total. The van der Waals surface area contributed by atoms with Crippen LogP contribution in [0.2, 0.25) is 0 Å². The molecule has 9 rings (SSSR count). The van der Waals surface area contributed by atoms with Gasteiger partial charge >= 0.3 is 0 Å². The summed E-state index contributed by atoms with van der Waals surface area (Å²) in [5, 5.41) is 6.43. The molecule has 1 aliphatic rings. The molecule has 0 aliphatic heterocycles. The molecular weight excluding hydrogens is 508 g/mol. The molecule has 42 heavy (non-hydrogen) atoms. The highest BCUT2D eigenvalue weighted by Crippen LogP contribution is 2.56. The summed E-state index contributed by atoms with van der Waals surface area (Å²) in [6.45, 7) is 4.78. The molecule has 0 amide bonds. The van der Waals surface area contributed by atoms with Crippen molar-refractivity contribution in [1.82, 2.24) is 9.55 Å². The summed E-state index contributed by atoms with van der Waals surface area (Å²) < 4.78 is 2.50. The number of hydrogen-bond acceptors (Lipinski definition) is 1. The minimum absolute atomic E-state index is 0.144. The van der Waals surface area contributed by atoms with Crippen LogP contribution in [-0.2, 0) is 5.41 Å². The van der Waals surface area contributed by atoms with E-state index in [0.717, 1.165) is 27.8 Å². The zero-order chi connectivity index (χ0) is 28.0. The van der Waals surface area contributed by atoms with Crippen molar-refractivity contribution in [2.24, 2.45) is 0 Å². The summed E-state index contributed by atoms with van der Waals surface area (Å²) >= 11 is 0. The van der Waals surface area contributed by atoms with Crippen molar-refractivity contribution in [1.29, 1.82) is 0 Å². The normalized spacial score (nSPS) is 13.7. The Hall–Kier alpha value is -5.21. The topological polar surface area (TPSA) is 17.8 Å². The van der Waals surface area contributed by atoms with E-state index in [1.807, 2.05) is 6.07 Å². The van der Waals surface area contributed by atoms with Crippen molar-refractivity contribution in [3.63, 3.8) is 0 Å². The van der Waals surface area contributed by atoms with E-state index in [1.54, 1.807) is 0 Å². The standard InChI is InChI=1S/C40H28N2/c1-40(2)32-16-8-6-14-30(32)36-28-12-4-5-13-29(28)37-31-15-7-10-18-35(31)42(39(37)38(36)40)27-22-19-26(20-23-27)34-24-21-25-11-3-9-17-33(25)41-34/h3-24H,1-2H3. The highest BCUT2D eigenvalue weighted by molar-refractivity contribution is 6.26. The lowest BCUT2D eigenvalue weighted by Crippen LogP contribution is -2.16. The molecule has 0 saturated heterocycles. The number of rotatable bonds is 2. The molecule has 0 radical (unpaired) electrons. The molecule has 0 fully saturated rings. The molecule has 2 nitrogen and oxygen atoms in total. The van der Waals surface area contributed by atoms with Crippen LogP contribution in [0.5, 0.6) is 0 Å². The van der Waals surface area contributed by atoms with Crippen LogP contribution in [-0.4, -0.2) is 9.55 Å². The summed E-state index contributed by atoms with van der Waals surface area (Å²) in [5.74, 6) is 0. The van der Waals surface area contributed by atoms with Gasteiger partial charge in [0.25, 0.3) is 0 Å². The highest BCUT2D eigenvalue weighted by atomic mass is 15.0. The molecule has 0 unspecified atom stereocenters. The molecule has 1 aliphatic carbocycles. The van der Waals surface area contributed by atoms with Gasteiger partial charge in [-0.25, -0.2) is 4.98 Å². The van der Waals surface area contributed by atoms with Gasteiger partial charge in [-0.2, -0.15) is 0 Å². The van der Waals surface area contributed by atoms with E-state index < -0.39 is 0 Å². The molecule has 2 heteroatoms. The maximum atomic E-state index is 4.95. The van der Waals surface area contributed by atoms with E-state index in [1.165, 1.54) is 54.8 Å². The van der Waals surface area contributed by atoms with Gasteiger partial charge in [-0.05, 0) is 63.4 Å². The largest absolute Gasteiger partial charge is 0.309 e. The number of benzene rings is 6. The fraction of sp³-hybridized carbons (Fsp3) is 0.0750. The predicted molar refractivity (Wildman–Crippen MR) is 177 cm³/mol. The Balaban J connectivity index is 1.37. The van der Waals surface area contributed by atoms with Crippen LogP contribution in [0.15, 0.2) is 133 Å². The molecule has 0 atom stereocenters. The summed E-state index contributed by atoms with van der Waals surface area (Å²) in [7, 11) is 0. The van der Waals surface area contributed by atoms with E-state index in [4.69, 9.17) is 4.98 Å². The number of aromatic nitrogens is 2. The van der Waals surface area contributed by atoms with Crippen LogP contribution >= 0.6 is 0 Å². The van der Waals surface area contributed by atoms with E-state index in [9.17, 15) is 0 Å². The Kier molecular flexibility index (Phi) is 4.70. The van der Waals surface area contributed by atoms with Crippen LogP contribution < -0.4 is 0 Å². The summed E-state index contributed by atoms with van der Waals surface area (Å²) in [6.07, 6.45) is 0. The van der Waals surface area contributed by atoms with E-state index in [-0.39, 0.29) is 5.41 Å². The molecular formula is C40H28N2. The van der Waals surface area contributed by atoms with E-state index in [2.05, 4.69) is 146 Å². The van der Waals surface area contributed by atoms with Crippen molar-refractivity contribution >= 4 is 43.5 Å².